The van der Waals surface area contributed by atoms with Crippen molar-refractivity contribution in [3.8, 4) is 0 Å². The minimum atomic E-state index is 0.509. The lowest BCUT2D eigenvalue weighted by Gasteiger charge is -2.19. The summed E-state index contributed by atoms with van der Waals surface area (Å²) in [4.78, 5) is 0. The smallest absolute Gasteiger partial charge is 0.0717 e. The molecule has 1 saturated carbocycles. The van der Waals surface area contributed by atoms with Gasteiger partial charge in [0.15, 0.2) is 0 Å². The van der Waals surface area contributed by atoms with E-state index >= 15 is 0 Å². The van der Waals surface area contributed by atoms with Crippen LogP contribution in [-0.4, -0.2) is 6.61 Å². The van der Waals surface area contributed by atoms with Crippen molar-refractivity contribution in [2.75, 3.05) is 6.61 Å². The van der Waals surface area contributed by atoms with Gasteiger partial charge in [-0.2, -0.15) is 0 Å². The van der Waals surface area contributed by atoms with E-state index in [9.17, 15) is 0 Å². The first-order valence-electron chi connectivity index (χ1n) is 5.85. The molecule has 0 N–H and O–H groups in total. The molecule has 0 radical (unpaired) electrons. The molecule has 0 atom stereocenters. The summed E-state index contributed by atoms with van der Waals surface area (Å²) in [5, 5.41) is 0. The third-order valence-corrected chi connectivity index (χ3v) is 3.62. The lowest BCUT2D eigenvalue weighted by atomic mass is 9.93. The highest BCUT2D eigenvalue weighted by molar-refractivity contribution is 5.13. The third kappa shape index (κ3) is 2.60. The summed E-state index contributed by atoms with van der Waals surface area (Å²) in [6, 6.07) is 10.4. The molecule has 0 aromatic heterocycles. The molecular formula is C14H20O. The maximum atomic E-state index is 5.81. The molecule has 2 rings (SSSR count). The van der Waals surface area contributed by atoms with Crippen LogP contribution in [0.3, 0.4) is 0 Å². The second kappa shape index (κ2) is 4.36. The van der Waals surface area contributed by atoms with Gasteiger partial charge in [-0.3, -0.25) is 0 Å². The second-order valence-electron chi connectivity index (χ2n) is 5.00. The van der Waals surface area contributed by atoms with Gasteiger partial charge >= 0.3 is 0 Å². The number of benzene rings is 1. The van der Waals surface area contributed by atoms with Crippen molar-refractivity contribution < 1.29 is 4.74 Å². The Morgan fingerprint density at radius 2 is 1.87 bits per heavy atom. The Balaban J connectivity index is 1.76. The van der Waals surface area contributed by atoms with Gasteiger partial charge in [0.2, 0.25) is 0 Å². The van der Waals surface area contributed by atoms with E-state index in [1.165, 1.54) is 18.4 Å². The summed E-state index contributed by atoms with van der Waals surface area (Å²) < 4.78 is 5.81. The van der Waals surface area contributed by atoms with Gasteiger partial charge in [-0.25, -0.2) is 0 Å². The van der Waals surface area contributed by atoms with Crippen LogP contribution >= 0.6 is 0 Å². The fourth-order valence-corrected chi connectivity index (χ4v) is 2.00. The van der Waals surface area contributed by atoms with E-state index in [2.05, 4.69) is 38.1 Å². The molecule has 0 spiro atoms. The molecular weight excluding hydrogens is 184 g/mol. The SMILES string of the molecule is CC(C)C1(COCc2ccccc2)CC1. The van der Waals surface area contributed by atoms with Crippen molar-refractivity contribution >= 4 is 0 Å². The third-order valence-electron chi connectivity index (χ3n) is 3.62. The zero-order valence-corrected chi connectivity index (χ0v) is 9.70. The Labute approximate surface area is 92.5 Å². The molecule has 1 aromatic carbocycles. The van der Waals surface area contributed by atoms with Crippen molar-refractivity contribution in [2.45, 2.75) is 33.3 Å². The van der Waals surface area contributed by atoms with Crippen molar-refractivity contribution in [3.05, 3.63) is 35.9 Å². The van der Waals surface area contributed by atoms with Gasteiger partial charge < -0.3 is 4.74 Å². The van der Waals surface area contributed by atoms with Crippen LogP contribution in [0.15, 0.2) is 30.3 Å². The lowest BCUT2D eigenvalue weighted by Crippen LogP contribution is -2.16. The van der Waals surface area contributed by atoms with Gasteiger partial charge in [-0.1, -0.05) is 44.2 Å². The van der Waals surface area contributed by atoms with Crippen LogP contribution in [0.2, 0.25) is 0 Å². The van der Waals surface area contributed by atoms with E-state index in [0.717, 1.165) is 19.1 Å². The van der Waals surface area contributed by atoms with Crippen LogP contribution in [0, 0.1) is 11.3 Å². The van der Waals surface area contributed by atoms with E-state index in [4.69, 9.17) is 4.74 Å². The quantitative estimate of drug-likeness (QED) is 0.711. The summed E-state index contributed by atoms with van der Waals surface area (Å²) in [6.45, 7) is 6.30. The Hall–Kier alpha value is -0.820. The highest BCUT2D eigenvalue weighted by atomic mass is 16.5. The van der Waals surface area contributed by atoms with Gasteiger partial charge in [-0.05, 0) is 29.7 Å². The first-order valence-corrected chi connectivity index (χ1v) is 5.85. The summed E-state index contributed by atoms with van der Waals surface area (Å²) in [5.74, 6) is 0.758. The van der Waals surface area contributed by atoms with Crippen molar-refractivity contribution in [1.82, 2.24) is 0 Å². The van der Waals surface area contributed by atoms with Gasteiger partial charge in [-0.15, -0.1) is 0 Å². The molecule has 1 fully saturated rings. The van der Waals surface area contributed by atoms with E-state index in [-0.39, 0.29) is 0 Å². The van der Waals surface area contributed by atoms with Crippen LogP contribution < -0.4 is 0 Å². The van der Waals surface area contributed by atoms with Crippen LogP contribution in [0.25, 0.3) is 0 Å². The number of rotatable bonds is 5. The second-order valence-corrected chi connectivity index (χ2v) is 5.00. The number of hydrogen-bond acceptors (Lipinski definition) is 1. The monoisotopic (exact) mass is 204 g/mol. The number of ether oxygens (including phenoxy) is 1. The minimum absolute atomic E-state index is 0.509. The highest BCUT2D eigenvalue weighted by Gasteiger charge is 2.45. The van der Waals surface area contributed by atoms with Crippen molar-refractivity contribution in [1.29, 1.82) is 0 Å². The topological polar surface area (TPSA) is 9.23 Å². The standard InChI is InChI=1S/C14H20O/c1-12(2)14(8-9-14)11-15-10-13-6-4-3-5-7-13/h3-7,12H,8-11H2,1-2H3. The first-order chi connectivity index (χ1) is 7.23. The van der Waals surface area contributed by atoms with E-state index in [1.807, 2.05) is 6.07 Å². The molecule has 1 nitrogen and oxygen atoms in total. The number of hydrogen-bond donors (Lipinski definition) is 0. The molecule has 1 aromatic rings. The summed E-state index contributed by atoms with van der Waals surface area (Å²) in [7, 11) is 0. The summed E-state index contributed by atoms with van der Waals surface area (Å²) >= 11 is 0. The largest absolute Gasteiger partial charge is 0.376 e. The molecule has 0 heterocycles. The zero-order chi connectivity index (χ0) is 10.7. The normalized spacial score (nSPS) is 18.1. The molecule has 15 heavy (non-hydrogen) atoms. The van der Waals surface area contributed by atoms with Crippen LogP contribution in [0.5, 0.6) is 0 Å². The molecule has 0 bridgehead atoms. The van der Waals surface area contributed by atoms with Crippen molar-refractivity contribution in [2.24, 2.45) is 11.3 Å². The predicted molar refractivity (Wildman–Crippen MR) is 62.6 cm³/mol. The molecule has 1 aliphatic carbocycles. The fourth-order valence-electron chi connectivity index (χ4n) is 2.00. The molecule has 0 unspecified atom stereocenters. The maximum Gasteiger partial charge on any atom is 0.0717 e. The summed E-state index contributed by atoms with van der Waals surface area (Å²) in [5.41, 5.74) is 1.78. The van der Waals surface area contributed by atoms with Gasteiger partial charge in [0.05, 0.1) is 13.2 Å². The Bertz CT molecular complexity index is 298. The van der Waals surface area contributed by atoms with E-state index < -0.39 is 0 Å². The van der Waals surface area contributed by atoms with Crippen molar-refractivity contribution in [3.63, 3.8) is 0 Å². The Kier molecular flexibility index (Phi) is 3.11. The van der Waals surface area contributed by atoms with Gasteiger partial charge in [0.1, 0.15) is 0 Å². The maximum absolute atomic E-state index is 5.81. The first kappa shape index (κ1) is 10.7. The van der Waals surface area contributed by atoms with E-state index in [1.54, 1.807) is 0 Å². The van der Waals surface area contributed by atoms with Crippen LogP contribution in [0.4, 0.5) is 0 Å². The molecule has 1 heteroatoms. The van der Waals surface area contributed by atoms with Crippen LogP contribution in [0.1, 0.15) is 32.3 Å². The van der Waals surface area contributed by atoms with E-state index in [0.29, 0.717) is 5.41 Å². The lowest BCUT2D eigenvalue weighted by molar-refractivity contribution is 0.0604. The molecule has 0 amide bonds. The fraction of sp³-hybridized carbons (Fsp3) is 0.571. The average Bonchev–Trinajstić information content (AvgIpc) is 3.01. The molecule has 1 aliphatic rings. The average molecular weight is 204 g/mol. The Morgan fingerprint density at radius 1 is 1.20 bits per heavy atom. The van der Waals surface area contributed by atoms with Gasteiger partial charge in [0, 0.05) is 0 Å². The Morgan fingerprint density at radius 3 is 2.40 bits per heavy atom. The predicted octanol–water partition coefficient (Wildman–Crippen LogP) is 3.64. The molecule has 0 saturated heterocycles. The summed E-state index contributed by atoms with van der Waals surface area (Å²) in [6.07, 6.45) is 2.69. The minimum Gasteiger partial charge on any atom is -0.376 e. The molecule has 0 aliphatic heterocycles. The zero-order valence-electron chi connectivity index (χ0n) is 9.70. The molecule has 82 valence electrons. The van der Waals surface area contributed by atoms with Gasteiger partial charge in [0.25, 0.3) is 0 Å². The van der Waals surface area contributed by atoms with Crippen LogP contribution in [-0.2, 0) is 11.3 Å². The highest BCUT2D eigenvalue weighted by Crippen LogP contribution is 2.51.